The van der Waals surface area contributed by atoms with Crippen molar-refractivity contribution in [2.75, 3.05) is 13.1 Å². The lowest BCUT2D eigenvalue weighted by Crippen LogP contribution is -2.45. The van der Waals surface area contributed by atoms with E-state index in [4.69, 9.17) is 11.6 Å². The van der Waals surface area contributed by atoms with Crippen molar-refractivity contribution >= 4 is 34.8 Å². The number of aromatic nitrogens is 1. The number of hydrogen-bond acceptors (Lipinski definition) is 4. The Labute approximate surface area is 183 Å². The molecule has 0 bridgehead atoms. The monoisotopic (exact) mass is 437 g/mol. The Kier molecular flexibility index (Phi) is 5.05. The molecule has 152 valence electrons. The van der Waals surface area contributed by atoms with Crippen LogP contribution < -0.4 is 5.32 Å². The van der Waals surface area contributed by atoms with Crippen LogP contribution in [-0.2, 0) is 0 Å². The van der Waals surface area contributed by atoms with Crippen LogP contribution in [0.2, 0.25) is 5.02 Å². The number of likely N-dealkylation sites (tertiary alicyclic amines) is 1. The molecule has 1 aromatic heterocycles. The van der Waals surface area contributed by atoms with Crippen molar-refractivity contribution < 1.29 is 9.59 Å². The summed E-state index contributed by atoms with van der Waals surface area (Å²) in [6.07, 6.45) is 1.12. The van der Waals surface area contributed by atoms with Crippen molar-refractivity contribution in [2.24, 2.45) is 11.8 Å². The van der Waals surface area contributed by atoms with Crippen LogP contribution in [0.3, 0.4) is 0 Å². The number of carbonyl (C=O) groups is 2. The number of nitrogens with one attached hydrogen (secondary N) is 1. The topological polar surface area (TPSA) is 62.3 Å². The molecular formula is C23H20ClN3O2S. The molecule has 5 nitrogen and oxygen atoms in total. The number of piperidine rings is 1. The SMILES string of the molecule is O=C(NC[C@@H]1[C@H]2C[C@H]2CN1C(=O)c1ncsc1-c1ccccc1)c1cccc(Cl)c1. The van der Waals surface area contributed by atoms with Crippen molar-refractivity contribution in [2.45, 2.75) is 12.5 Å². The van der Waals surface area contributed by atoms with Crippen molar-refractivity contribution in [3.05, 3.63) is 76.4 Å². The second-order valence-corrected chi connectivity index (χ2v) is 9.09. The third-order valence-corrected chi connectivity index (χ3v) is 7.04. The van der Waals surface area contributed by atoms with E-state index in [9.17, 15) is 9.59 Å². The molecule has 0 radical (unpaired) electrons. The van der Waals surface area contributed by atoms with Crippen molar-refractivity contribution in [1.82, 2.24) is 15.2 Å². The van der Waals surface area contributed by atoms with E-state index in [0.29, 0.717) is 34.7 Å². The lowest BCUT2D eigenvalue weighted by Gasteiger charge is -2.27. The molecule has 2 aliphatic rings. The average Bonchev–Trinajstić information content (AvgIpc) is 3.20. The van der Waals surface area contributed by atoms with Gasteiger partial charge in [-0.3, -0.25) is 9.59 Å². The van der Waals surface area contributed by atoms with Crippen LogP contribution in [0, 0.1) is 11.8 Å². The maximum atomic E-state index is 13.4. The second-order valence-electron chi connectivity index (χ2n) is 7.80. The van der Waals surface area contributed by atoms with Crippen LogP contribution in [-0.4, -0.2) is 40.8 Å². The van der Waals surface area contributed by atoms with E-state index in [1.807, 2.05) is 35.2 Å². The van der Waals surface area contributed by atoms with Crippen LogP contribution in [0.4, 0.5) is 0 Å². The molecule has 30 heavy (non-hydrogen) atoms. The molecular weight excluding hydrogens is 418 g/mol. The molecule has 3 atom stereocenters. The molecule has 2 amide bonds. The summed E-state index contributed by atoms with van der Waals surface area (Å²) in [4.78, 5) is 33.1. The molecule has 0 spiro atoms. The van der Waals surface area contributed by atoms with Gasteiger partial charge in [0, 0.05) is 23.7 Å². The second kappa shape index (κ2) is 7.85. The van der Waals surface area contributed by atoms with E-state index in [-0.39, 0.29) is 17.9 Å². The highest BCUT2D eigenvalue weighted by Gasteiger charge is 2.54. The van der Waals surface area contributed by atoms with Gasteiger partial charge in [0.05, 0.1) is 16.4 Å². The zero-order valence-electron chi connectivity index (χ0n) is 16.1. The summed E-state index contributed by atoms with van der Waals surface area (Å²) in [7, 11) is 0. The van der Waals surface area contributed by atoms with Crippen LogP contribution in [0.15, 0.2) is 60.1 Å². The maximum Gasteiger partial charge on any atom is 0.274 e. The van der Waals surface area contributed by atoms with Gasteiger partial charge in [-0.25, -0.2) is 4.98 Å². The lowest BCUT2D eigenvalue weighted by atomic mass is 10.1. The van der Waals surface area contributed by atoms with Gasteiger partial charge >= 0.3 is 0 Å². The number of halogens is 1. The molecule has 7 heteroatoms. The van der Waals surface area contributed by atoms with Crippen molar-refractivity contribution in [3.63, 3.8) is 0 Å². The maximum absolute atomic E-state index is 13.4. The minimum Gasteiger partial charge on any atom is -0.350 e. The zero-order chi connectivity index (χ0) is 20.7. The van der Waals surface area contributed by atoms with E-state index >= 15 is 0 Å². The molecule has 3 aromatic rings. The fourth-order valence-corrected chi connectivity index (χ4v) is 5.30. The molecule has 2 aromatic carbocycles. The zero-order valence-corrected chi connectivity index (χ0v) is 17.7. The van der Waals surface area contributed by atoms with Crippen LogP contribution in [0.5, 0.6) is 0 Å². The Morgan fingerprint density at radius 2 is 2.00 bits per heavy atom. The molecule has 1 N–H and O–H groups in total. The quantitative estimate of drug-likeness (QED) is 0.645. The highest BCUT2D eigenvalue weighted by atomic mass is 35.5. The lowest BCUT2D eigenvalue weighted by molar-refractivity contribution is 0.0690. The van der Waals surface area contributed by atoms with Crippen LogP contribution in [0.1, 0.15) is 27.3 Å². The number of benzene rings is 2. The minimum absolute atomic E-state index is 0.00374. The van der Waals surface area contributed by atoms with Gasteiger partial charge in [-0.2, -0.15) is 0 Å². The van der Waals surface area contributed by atoms with Crippen molar-refractivity contribution in [1.29, 1.82) is 0 Å². The first-order valence-electron chi connectivity index (χ1n) is 9.95. The summed E-state index contributed by atoms with van der Waals surface area (Å²) in [6, 6.07) is 16.7. The molecule has 5 rings (SSSR count). The minimum atomic E-state index is -0.173. The van der Waals surface area contributed by atoms with Crippen molar-refractivity contribution in [3.8, 4) is 10.4 Å². The van der Waals surface area contributed by atoms with Gasteiger partial charge in [0.25, 0.3) is 11.8 Å². The molecule has 2 fully saturated rings. The average molecular weight is 438 g/mol. The number of amides is 2. The Bertz CT molecular complexity index is 1100. The van der Waals surface area contributed by atoms with E-state index in [0.717, 1.165) is 23.4 Å². The number of carbonyl (C=O) groups excluding carboxylic acids is 2. The van der Waals surface area contributed by atoms with E-state index in [2.05, 4.69) is 10.3 Å². The van der Waals surface area contributed by atoms with Gasteiger partial charge in [-0.15, -0.1) is 11.3 Å². The standard InChI is InChI=1S/C23H20ClN3O2S/c24-17-8-4-7-15(9-17)22(28)25-11-19-18-10-16(18)12-27(19)23(29)20-21(30-13-26-20)14-5-2-1-3-6-14/h1-9,13,16,18-19H,10-12H2,(H,25,28)/t16-,18-,19+/m0/s1. The van der Waals surface area contributed by atoms with E-state index in [1.165, 1.54) is 11.3 Å². The molecule has 1 saturated carbocycles. The summed E-state index contributed by atoms with van der Waals surface area (Å²) in [5.41, 5.74) is 3.75. The summed E-state index contributed by atoms with van der Waals surface area (Å²) in [6.45, 7) is 1.16. The highest BCUT2D eigenvalue weighted by molar-refractivity contribution is 7.13. The Morgan fingerprint density at radius 1 is 1.17 bits per heavy atom. The first-order chi connectivity index (χ1) is 14.6. The Hall–Kier alpha value is -2.70. The summed E-state index contributed by atoms with van der Waals surface area (Å²) >= 11 is 7.47. The van der Waals surface area contributed by atoms with Gasteiger partial charge < -0.3 is 10.2 Å². The predicted octanol–water partition coefficient (Wildman–Crippen LogP) is 4.35. The van der Waals surface area contributed by atoms with Gasteiger partial charge in [-0.05, 0) is 42.0 Å². The first kappa shape index (κ1) is 19.3. The third-order valence-electron chi connectivity index (χ3n) is 5.93. The number of hydrogen-bond donors (Lipinski definition) is 1. The van der Waals surface area contributed by atoms with Gasteiger partial charge in [0.2, 0.25) is 0 Å². The number of nitrogens with zero attached hydrogens (tertiary/aromatic N) is 2. The number of fused-ring (bicyclic) bond motifs is 1. The molecule has 0 unspecified atom stereocenters. The van der Waals surface area contributed by atoms with Gasteiger partial charge in [0.1, 0.15) is 5.69 Å². The Balaban J connectivity index is 1.32. The predicted molar refractivity (Wildman–Crippen MR) is 118 cm³/mol. The van der Waals surface area contributed by atoms with E-state index < -0.39 is 0 Å². The summed E-state index contributed by atoms with van der Waals surface area (Å²) in [5.74, 6) is 0.755. The van der Waals surface area contributed by atoms with Crippen LogP contribution >= 0.6 is 22.9 Å². The molecule has 1 aliphatic carbocycles. The fraction of sp³-hybridized carbons (Fsp3) is 0.261. The highest BCUT2D eigenvalue weighted by Crippen LogP contribution is 2.50. The smallest absolute Gasteiger partial charge is 0.274 e. The number of thiazole rings is 1. The molecule has 2 heterocycles. The molecule has 1 aliphatic heterocycles. The van der Waals surface area contributed by atoms with Gasteiger partial charge in [0.15, 0.2) is 0 Å². The number of rotatable bonds is 5. The summed E-state index contributed by atoms with van der Waals surface area (Å²) in [5, 5.41) is 3.52. The largest absolute Gasteiger partial charge is 0.350 e. The first-order valence-corrected chi connectivity index (χ1v) is 11.2. The van der Waals surface area contributed by atoms with E-state index in [1.54, 1.807) is 29.8 Å². The normalized spacial score (nSPS) is 21.9. The fourth-order valence-electron chi connectivity index (χ4n) is 4.32. The summed E-state index contributed by atoms with van der Waals surface area (Å²) < 4.78 is 0. The molecule has 1 saturated heterocycles. The Morgan fingerprint density at radius 3 is 2.80 bits per heavy atom. The third kappa shape index (κ3) is 3.61. The van der Waals surface area contributed by atoms with Crippen LogP contribution in [0.25, 0.3) is 10.4 Å². The van der Waals surface area contributed by atoms with Gasteiger partial charge in [-0.1, -0.05) is 48.0 Å².